The first kappa shape index (κ1) is 17.0. The summed E-state index contributed by atoms with van der Waals surface area (Å²) in [6.45, 7) is 0. The van der Waals surface area contributed by atoms with Crippen LogP contribution < -0.4 is 5.43 Å². The second kappa shape index (κ2) is 7.26. The molecule has 1 amide bonds. The number of phenolic OH excluding ortho intramolecular Hbond substituents is 2. The lowest BCUT2D eigenvalue weighted by atomic mass is 10.2. The van der Waals surface area contributed by atoms with Crippen molar-refractivity contribution in [1.82, 2.24) is 5.43 Å². The largest absolute Gasteiger partial charge is 0.506 e. The molecular formula is C14H9Br3N2O3. The molecule has 0 aliphatic carbocycles. The van der Waals surface area contributed by atoms with E-state index in [1.807, 2.05) is 0 Å². The van der Waals surface area contributed by atoms with E-state index in [0.717, 1.165) is 0 Å². The first-order chi connectivity index (χ1) is 10.4. The molecule has 0 radical (unpaired) electrons. The first-order valence-corrected chi connectivity index (χ1v) is 8.27. The van der Waals surface area contributed by atoms with Gasteiger partial charge in [-0.3, -0.25) is 4.79 Å². The summed E-state index contributed by atoms with van der Waals surface area (Å²) in [6, 6.07) is 8.42. The predicted octanol–water partition coefficient (Wildman–Crippen LogP) is 4.15. The van der Waals surface area contributed by atoms with Crippen molar-refractivity contribution in [1.29, 1.82) is 0 Å². The molecule has 0 aromatic heterocycles. The van der Waals surface area contributed by atoms with Crippen molar-refractivity contribution in [3.8, 4) is 11.5 Å². The molecular weight excluding hydrogens is 484 g/mol. The van der Waals surface area contributed by atoms with Gasteiger partial charge in [-0.2, -0.15) is 5.10 Å². The molecule has 5 nitrogen and oxygen atoms in total. The van der Waals surface area contributed by atoms with Crippen LogP contribution in [0.1, 0.15) is 15.9 Å². The minimum atomic E-state index is -0.389. The third-order valence-corrected chi connectivity index (χ3v) is 4.73. The lowest BCUT2D eigenvalue weighted by molar-refractivity contribution is 0.0954. The van der Waals surface area contributed by atoms with E-state index in [0.29, 0.717) is 20.1 Å². The van der Waals surface area contributed by atoms with Crippen molar-refractivity contribution in [2.24, 2.45) is 5.10 Å². The lowest BCUT2D eigenvalue weighted by Crippen LogP contribution is -2.18. The quantitative estimate of drug-likeness (QED) is 0.445. The third kappa shape index (κ3) is 3.68. The number of benzene rings is 2. The third-order valence-electron chi connectivity index (χ3n) is 2.69. The summed E-state index contributed by atoms with van der Waals surface area (Å²) in [5, 5.41) is 23.3. The topological polar surface area (TPSA) is 81.9 Å². The summed E-state index contributed by atoms with van der Waals surface area (Å²) in [6.07, 6.45) is 1.28. The number of hydrogen-bond acceptors (Lipinski definition) is 4. The van der Waals surface area contributed by atoms with Gasteiger partial charge in [0, 0.05) is 10.0 Å². The zero-order valence-electron chi connectivity index (χ0n) is 10.8. The van der Waals surface area contributed by atoms with Crippen LogP contribution >= 0.6 is 47.8 Å². The van der Waals surface area contributed by atoms with Gasteiger partial charge in [-0.05, 0) is 66.0 Å². The molecule has 2 aromatic rings. The first-order valence-electron chi connectivity index (χ1n) is 5.89. The highest BCUT2D eigenvalue weighted by Gasteiger charge is 2.13. The Kier molecular flexibility index (Phi) is 5.60. The minimum absolute atomic E-state index is 0.119. The van der Waals surface area contributed by atoms with Crippen molar-refractivity contribution in [3.05, 3.63) is 54.9 Å². The molecule has 8 heteroatoms. The number of hydrazone groups is 1. The molecule has 0 atom stereocenters. The number of halogens is 3. The number of aromatic hydroxyl groups is 2. The van der Waals surface area contributed by atoms with Crippen molar-refractivity contribution >= 4 is 59.9 Å². The Hall–Kier alpha value is -1.38. The van der Waals surface area contributed by atoms with Gasteiger partial charge in [-0.15, -0.1) is 0 Å². The number of nitrogens with one attached hydrogen (secondary N) is 1. The molecule has 2 aromatic carbocycles. The van der Waals surface area contributed by atoms with Crippen molar-refractivity contribution in [2.75, 3.05) is 0 Å². The molecule has 0 unspecified atom stereocenters. The van der Waals surface area contributed by atoms with Crippen LogP contribution in [0.2, 0.25) is 0 Å². The predicted molar refractivity (Wildman–Crippen MR) is 94.4 cm³/mol. The van der Waals surface area contributed by atoms with Crippen LogP contribution in [0.5, 0.6) is 11.5 Å². The van der Waals surface area contributed by atoms with E-state index in [9.17, 15) is 15.0 Å². The molecule has 0 saturated carbocycles. The summed E-state index contributed by atoms with van der Waals surface area (Å²) in [5.74, 6) is -0.688. The smallest absolute Gasteiger partial charge is 0.272 e. The highest BCUT2D eigenvalue weighted by Crippen LogP contribution is 2.40. The molecule has 0 spiro atoms. The Morgan fingerprint density at radius 2 is 1.77 bits per heavy atom. The van der Waals surface area contributed by atoms with Gasteiger partial charge in [0.05, 0.1) is 16.3 Å². The SMILES string of the molecule is O=C(N/N=C\c1cc(Br)c(O)c(Br)c1O)c1ccccc1Br. The average molecular weight is 493 g/mol. The number of hydrogen-bond donors (Lipinski definition) is 3. The monoisotopic (exact) mass is 490 g/mol. The van der Waals surface area contributed by atoms with Gasteiger partial charge in [0.25, 0.3) is 5.91 Å². The van der Waals surface area contributed by atoms with Gasteiger partial charge in [-0.25, -0.2) is 5.43 Å². The molecule has 0 heterocycles. The van der Waals surface area contributed by atoms with E-state index in [4.69, 9.17) is 0 Å². The Balaban J connectivity index is 2.17. The summed E-state index contributed by atoms with van der Waals surface area (Å²) in [7, 11) is 0. The van der Waals surface area contributed by atoms with E-state index < -0.39 is 0 Å². The molecule has 2 rings (SSSR count). The second-order valence-corrected chi connectivity index (χ2v) is 6.64. The molecule has 0 saturated heterocycles. The van der Waals surface area contributed by atoms with Crippen LogP contribution in [0.15, 0.2) is 48.9 Å². The fraction of sp³-hybridized carbons (Fsp3) is 0. The van der Waals surface area contributed by atoms with E-state index in [1.54, 1.807) is 24.3 Å². The van der Waals surface area contributed by atoms with Crippen LogP contribution in [0.25, 0.3) is 0 Å². The van der Waals surface area contributed by atoms with E-state index in [2.05, 4.69) is 58.3 Å². The Morgan fingerprint density at radius 3 is 2.45 bits per heavy atom. The number of amides is 1. The summed E-state index contributed by atoms with van der Waals surface area (Å²) in [4.78, 5) is 12.0. The van der Waals surface area contributed by atoms with E-state index in [1.165, 1.54) is 12.3 Å². The molecule has 114 valence electrons. The zero-order valence-corrected chi connectivity index (χ0v) is 15.6. The van der Waals surface area contributed by atoms with Crippen LogP contribution in [0, 0.1) is 0 Å². The van der Waals surface area contributed by atoms with Crippen molar-refractivity contribution in [2.45, 2.75) is 0 Å². The van der Waals surface area contributed by atoms with Gasteiger partial charge < -0.3 is 10.2 Å². The standard InChI is InChI=1S/C14H9Br3N2O3/c15-9-4-2-1-3-8(9)14(22)19-18-6-7-5-10(16)13(21)11(17)12(7)20/h1-6,20-21H,(H,19,22)/b18-6-. The average Bonchev–Trinajstić information content (AvgIpc) is 2.50. The number of carbonyl (C=O) groups is 1. The number of nitrogens with zero attached hydrogens (tertiary/aromatic N) is 1. The fourth-order valence-corrected chi connectivity index (χ4v) is 3.20. The van der Waals surface area contributed by atoms with Crippen LogP contribution in [0.3, 0.4) is 0 Å². The summed E-state index contributed by atoms with van der Waals surface area (Å²) < 4.78 is 1.18. The van der Waals surface area contributed by atoms with Gasteiger partial charge in [0.2, 0.25) is 0 Å². The molecule has 3 N–H and O–H groups in total. The molecule has 0 fully saturated rings. The molecule has 0 bridgehead atoms. The molecule has 0 aliphatic heterocycles. The van der Waals surface area contributed by atoms with Crippen LogP contribution in [-0.2, 0) is 0 Å². The number of phenols is 2. The number of rotatable bonds is 3. The maximum atomic E-state index is 12.0. The molecule has 22 heavy (non-hydrogen) atoms. The van der Waals surface area contributed by atoms with Crippen LogP contribution in [0.4, 0.5) is 0 Å². The maximum Gasteiger partial charge on any atom is 0.272 e. The summed E-state index contributed by atoms with van der Waals surface area (Å²) >= 11 is 9.49. The lowest BCUT2D eigenvalue weighted by Gasteiger charge is -2.06. The summed E-state index contributed by atoms with van der Waals surface area (Å²) in [5.41, 5.74) is 3.13. The van der Waals surface area contributed by atoms with E-state index in [-0.39, 0.29) is 21.9 Å². The van der Waals surface area contributed by atoms with Gasteiger partial charge in [0.15, 0.2) is 0 Å². The van der Waals surface area contributed by atoms with Crippen molar-refractivity contribution < 1.29 is 15.0 Å². The Labute approximate surface area is 151 Å². The second-order valence-electron chi connectivity index (χ2n) is 4.14. The molecule has 0 aliphatic rings. The normalized spacial score (nSPS) is 10.9. The Bertz CT molecular complexity index is 763. The van der Waals surface area contributed by atoms with Gasteiger partial charge in [-0.1, -0.05) is 12.1 Å². The van der Waals surface area contributed by atoms with Crippen molar-refractivity contribution in [3.63, 3.8) is 0 Å². The van der Waals surface area contributed by atoms with Crippen LogP contribution in [-0.4, -0.2) is 22.3 Å². The van der Waals surface area contributed by atoms with Gasteiger partial charge >= 0.3 is 0 Å². The number of carbonyl (C=O) groups excluding carboxylic acids is 1. The zero-order chi connectivity index (χ0) is 16.3. The van der Waals surface area contributed by atoms with Gasteiger partial charge in [0.1, 0.15) is 16.0 Å². The highest BCUT2D eigenvalue weighted by molar-refractivity contribution is 9.11. The highest BCUT2D eigenvalue weighted by atomic mass is 79.9. The Morgan fingerprint density at radius 1 is 1.09 bits per heavy atom. The van der Waals surface area contributed by atoms with E-state index >= 15 is 0 Å². The fourth-order valence-electron chi connectivity index (χ4n) is 1.58. The minimum Gasteiger partial charge on any atom is -0.506 e. The maximum absolute atomic E-state index is 12.0.